The maximum absolute atomic E-state index is 12.8. The Morgan fingerprint density at radius 3 is 2.71 bits per heavy atom. The van der Waals surface area contributed by atoms with Crippen LogP contribution in [0.3, 0.4) is 0 Å². The van der Waals surface area contributed by atoms with Crippen LogP contribution in [-0.2, 0) is 19.1 Å². The van der Waals surface area contributed by atoms with Crippen LogP contribution in [0.25, 0.3) is 0 Å². The minimum absolute atomic E-state index is 0.0644. The van der Waals surface area contributed by atoms with Crippen LogP contribution in [0, 0.1) is 5.92 Å². The molecule has 0 spiro atoms. The van der Waals surface area contributed by atoms with Gasteiger partial charge in [-0.3, -0.25) is 19.7 Å². The number of aromatic nitrogens is 2. The zero-order valence-corrected chi connectivity index (χ0v) is 17.6. The molecule has 1 aromatic heterocycles. The van der Waals surface area contributed by atoms with Crippen LogP contribution < -0.4 is 5.32 Å². The van der Waals surface area contributed by atoms with E-state index in [9.17, 15) is 14.4 Å². The number of thioether (sulfide) groups is 1. The van der Waals surface area contributed by atoms with E-state index in [1.54, 1.807) is 11.8 Å². The fourth-order valence-electron chi connectivity index (χ4n) is 3.72. The molecule has 0 bridgehead atoms. The van der Waals surface area contributed by atoms with Gasteiger partial charge in [-0.15, -0.1) is 10.2 Å². The Balaban J connectivity index is 1.53. The van der Waals surface area contributed by atoms with Crippen molar-refractivity contribution in [3.63, 3.8) is 0 Å². The van der Waals surface area contributed by atoms with Gasteiger partial charge in [-0.2, -0.15) is 0 Å². The second-order valence-corrected chi connectivity index (χ2v) is 9.18. The molecule has 1 N–H and O–H groups in total. The lowest BCUT2D eigenvalue weighted by Crippen LogP contribution is -2.46. The maximum Gasteiger partial charge on any atom is 0.316 e. The van der Waals surface area contributed by atoms with Crippen molar-refractivity contribution >= 4 is 46.0 Å². The standard InChI is InChI=1S/C18H26N4O4S2/c1-2-26-14(23)11-27-18-21-20-17(28-18)19-15(24)13-9-6-10-22(13)16(25)12-7-4-3-5-8-12/h12-13H,2-11H2,1H3,(H,19,20,24). The van der Waals surface area contributed by atoms with Crippen molar-refractivity contribution in [2.24, 2.45) is 5.92 Å². The van der Waals surface area contributed by atoms with Gasteiger partial charge >= 0.3 is 5.97 Å². The molecule has 2 heterocycles. The summed E-state index contributed by atoms with van der Waals surface area (Å²) in [5.74, 6) is -0.173. The Hall–Kier alpha value is -1.68. The van der Waals surface area contributed by atoms with Gasteiger partial charge in [-0.05, 0) is 32.6 Å². The number of likely N-dealkylation sites (tertiary alicyclic amines) is 1. The lowest BCUT2D eigenvalue weighted by molar-refractivity contribution is -0.141. The van der Waals surface area contributed by atoms with E-state index in [4.69, 9.17) is 4.74 Å². The predicted molar refractivity (Wildman–Crippen MR) is 107 cm³/mol. The molecule has 1 aliphatic carbocycles. The van der Waals surface area contributed by atoms with Gasteiger partial charge in [0.25, 0.3) is 0 Å². The van der Waals surface area contributed by atoms with Gasteiger partial charge < -0.3 is 9.64 Å². The largest absolute Gasteiger partial charge is 0.465 e. The highest BCUT2D eigenvalue weighted by molar-refractivity contribution is 8.01. The lowest BCUT2D eigenvalue weighted by Gasteiger charge is -2.29. The number of nitrogens with zero attached hydrogens (tertiary/aromatic N) is 3. The zero-order valence-electron chi connectivity index (χ0n) is 16.0. The van der Waals surface area contributed by atoms with Crippen LogP contribution in [0.4, 0.5) is 5.13 Å². The third-order valence-electron chi connectivity index (χ3n) is 5.05. The van der Waals surface area contributed by atoms with E-state index in [-0.39, 0.29) is 29.5 Å². The average molecular weight is 427 g/mol. The Kier molecular flexibility index (Phi) is 7.66. The van der Waals surface area contributed by atoms with Gasteiger partial charge in [0.2, 0.25) is 16.9 Å². The molecular weight excluding hydrogens is 400 g/mol. The molecule has 1 aliphatic heterocycles. The Bertz CT molecular complexity index is 706. The Morgan fingerprint density at radius 2 is 1.96 bits per heavy atom. The molecule has 1 saturated heterocycles. The van der Waals surface area contributed by atoms with Crippen molar-refractivity contribution in [1.82, 2.24) is 15.1 Å². The molecule has 0 aromatic carbocycles. The van der Waals surface area contributed by atoms with E-state index < -0.39 is 6.04 Å². The first kappa shape index (κ1) is 21.0. The Labute approximate surface area is 172 Å². The highest BCUT2D eigenvalue weighted by Crippen LogP contribution is 2.30. The second-order valence-electron chi connectivity index (χ2n) is 6.98. The molecule has 1 saturated carbocycles. The first-order chi connectivity index (χ1) is 13.6. The second kappa shape index (κ2) is 10.2. The van der Waals surface area contributed by atoms with E-state index in [0.717, 1.165) is 32.1 Å². The highest BCUT2D eigenvalue weighted by Gasteiger charge is 2.37. The molecule has 0 radical (unpaired) electrons. The van der Waals surface area contributed by atoms with Crippen molar-refractivity contribution in [2.45, 2.75) is 62.3 Å². The number of rotatable bonds is 7. The van der Waals surface area contributed by atoms with E-state index in [1.165, 1.54) is 29.5 Å². The first-order valence-corrected chi connectivity index (χ1v) is 11.6. The molecule has 154 valence electrons. The van der Waals surface area contributed by atoms with Crippen LogP contribution in [0.15, 0.2) is 4.34 Å². The predicted octanol–water partition coefficient (Wildman–Crippen LogP) is 2.70. The third kappa shape index (κ3) is 5.44. The van der Waals surface area contributed by atoms with Crippen molar-refractivity contribution < 1.29 is 19.1 Å². The number of nitrogens with one attached hydrogen (secondary N) is 1. The van der Waals surface area contributed by atoms with Crippen LogP contribution >= 0.6 is 23.1 Å². The van der Waals surface area contributed by atoms with Gasteiger partial charge in [-0.1, -0.05) is 42.4 Å². The molecule has 10 heteroatoms. The van der Waals surface area contributed by atoms with Crippen LogP contribution in [0.5, 0.6) is 0 Å². The minimum Gasteiger partial charge on any atom is -0.465 e. The topological polar surface area (TPSA) is 101 Å². The van der Waals surface area contributed by atoms with Gasteiger partial charge in [-0.25, -0.2) is 0 Å². The number of anilines is 1. The number of amides is 2. The number of ether oxygens (including phenoxy) is 1. The van der Waals surface area contributed by atoms with Crippen LogP contribution in [0.1, 0.15) is 51.9 Å². The summed E-state index contributed by atoms with van der Waals surface area (Å²) in [5, 5.41) is 11.1. The number of hydrogen-bond donors (Lipinski definition) is 1. The molecule has 1 atom stereocenters. The number of carbonyl (C=O) groups is 3. The van der Waals surface area contributed by atoms with Crippen molar-refractivity contribution in [3.8, 4) is 0 Å². The molecule has 28 heavy (non-hydrogen) atoms. The molecule has 2 amide bonds. The summed E-state index contributed by atoms with van der Waals surface area (Å²) in [7, 11) is 0. The van der Waals surface area contributed by atoms with Gasteiger partial charge in [0.1, 0.15) is 6.04 Å². The normalized spacial score (nSPS) is 20.2. The maximum atomic E-state index is 12.8. The summed E-state index contributed by atoms with van der Waals surface area (Å²) in [4.78, 5) is 38.7. The van der Waals surface area contributed by atoms with Gasteiger partial charge in [0, 0.05) is 12.5 Å². The minimum atomic E-state index is -0.436. The van der Waals surface area contributed by atoms with Gasteiger partial charge in [0.15, 0.2) is 4.34 Å². The molecule has 1 aromatic rings. The molecule has 2 fully saturated rings. The van der Waals surface area contributed by atoms with E-state index in [2.05, 4.69) is 15.5 Å². The fourth-order valence-corrected chi connectivity index (χ4v) is 5.27. The highest BCUT2D eigenvalue weighted by atomic mass is 32.2. The van der Waals surface area contributed by atoms with E-state index in [0.29, 0.717) is 29.0 Å². The summed E-state index contributed by atoms with van der Waals surface area (Å²) in [6.45, 7) is 2.74. The summed E-state index contributed by atoms with van der Waals surface area (Å²) in [5.41, 5.74) is 0. The summed E-state index contributed by atoms with van der Waals surface area (Å²) < 4.78 is 5.46. The number of hydrogen-bond acceptors (Lipinski definition) is 8. The fraction of sp³-hybridized carbons (Fsp3) is 0.722. The Morgan fingerprint density at radius 1 is 1.18 bits per heavy atom. The lowest BCUT2D eigenvalue weighted by atomic mass is 9.88. The molecule has 8 nitrogen and oxygen atoms in total. The number of esters is 1. The monoisotopic (exact) mass is 426 g/mol. The third-order valence-corrected chi connectivity index (χ3v) is 6.99. The van der Waals surface area contributed by atoms with Crippen molar-refractivity contribution in [1.29, 1.82) is 0 Å². The smallest absolute Gasteiger partial charge is 0.316 e. The van der Waals surface area contributed by atoms with E-state index in [1.807, 2.05) is 0 Å². The molecule has 3 rings (SSSR count). The molecular formula is C18H26N4O4S2. The van der Waals surface area contributed by atoms with E-state index >= 15 is 0 Å². The molecule has 2 aliphatic rings. The summed E-state index contributed by atoms with van der Waals surface area (Å²) >= 11 is 2.44. The SMILES string of the molecule is CCOC(=O)CSc1nnc(NC(=O)C2CCCN2C(=O)C2CCCCC2)s1. The van der Waals surface area contributed by atoms with Crippen molar-refractivity contribution in [2.75, 3.05) is 24.2 Å². The molecule has 1 unspecified atom stereocenters. The number of carbonyl (C=O) groups excluding carboxylic acids is 3. The van der Waals surface area contributed by atoms with Crippen molar-refractivity contribution in [3.05, 3.63) is 0 Å². The van der Waals surface area contributed by atoms with Crippen LogP contribution in [-0.4, -0.2) is 57.8 Å². The first-order valence-electron chi connectivity index (χ1n) is 9.81. The summed E-state index contributed by atoms with van der Waals surface area (Å²) in [6, 6.07) is -0.436. The van der Waals surface area contributed by atoms with Gasteiger partial charge in [0.05, 0.1) is 12.4 Å². The average Bonchev–Trinajstić information content (AvgIpc) is 3.36. The summed E-state index contributed by atoms with van der Waals surface area (Å²) in [6.07, 6.45) is 6.76. The van der Waals surface area contributed by atoms with Crippen LogP contribution in [0.2, 0.25) is 0 Å². The zero-order chi connectivity index (χ0) is 19.9. The quantitative estimate of drug-likeness (QED) is 0.406.